The molecule has 8 heteroatoms. The van der Waals surface area contributed by atoms with Gasteiger partial charge in [-0.2, -0.15) is 0 Å². The molecule has 0 fully saturated rings. The van der Waals surface area contributed by atoms with Crippen molar-refractivity contribution >= 4 is 22.4 Å². The minimum Gasteiger partial charge on any atom is -0.497 e. The van der Waals surface area contributed by atoms with Gasteiger partial charge in [0, 0.05) is 10.9 Å². The Bertz CT molecular complexity index is 973. The first-order chi connectivity index (χ1) is 14.1. The van der Waals surface area contributed by atoms with E-state index in [1.54, 1.807) is 26.4 Å². The number of nitrogens with zero attached hydrogens (tertiary/aromatic N) is 1. The molecule has 1 N–H and O–H groups in total. The van der Waals surface area contributed by atoms with E-state index in [1.165, 1.54) is 11.3 Å². The average Bonchev–Trinajstić information content (AvgIpc) is 3.21. The highest BCUT2D eigenvalue weighted by Gasteiger charge is 2.14. The Kier molecular flexibility index (Phi) is 6.91. The van der Waals surface area contributed by atoms with Gasteiger partial charge in [0.15, 0.2) is 23.2 Å². The number of hydrogen-bond acceptors (Lipinski definition) is 7. The third-order valence-electron chi connectivity index (χ3n) is 3.94. The predicted octanol–water partition coefficient (Wildman–Crippen LogP) is 4.24. The first kappa shape index (κ1) is 20.5. The second kappa shape index (κ2) is 9.79. The van der Waals surface area contributed by atoms with Crippen LogP contribution < -0.4 is 24.3 Å². The zero-order valence-electron chi connectivity index (χ0n) is 16.4. The lowest BCUT2D eigenvalue weighted by Gasteiger charge is -2.11. The fraction of sp³-hybridized carbons (Fsp3) is 0.238. The van der Waals surface area contributed by atoms with E-state index in [9.17, 15) is 4.79 Å². The second-order valence-electron chi connectivity index (χ2n) is 5.82. The van der Waals surface area contributed by atoms with Crippen molar-refractivity contribution in [2.24, 2.45) is 0 Å². The number of para-hydroxylation sites is 2. The number of ether oxygens (including phenoxy) is 4. The highest BCUT2D eigenvalue weighted by atomic mass is 32.1. The van der Waals surface area contributed by atoms with Gasteiger partial charge < -0.3 is 18.9 Å². The van der Waals surface area contributed by atoms with Crippen molar-refractivity contribution in [2.75, 3.05) is 32.8 Å². The number of carbonyl (C=O) groups is 1. The molecule has 0 aliphatic carbocycles. The first-order valence-electron chi connectivity index (χ1n) is 8.97. The molecule has 0 bridgehead atoms. The van der Waals surface area contributed by atoms with Crippen LogP contribution in [0.25, 0.3) is 11.3 Å². The number of anilines is 1. The van der Waals surface area contributed by atoms with Crippen LogP contribution in [0.2, 0.25) is 0 Å². The lowest BCUT2D eigenvalue weighted by Crippen LogP contribution is -2.20. The van der Waals surface area contributed by atoms with Gasteiger partial charge in [-0.15, -0.1) is 11.3 Å². The largest absolute Gasteiger partial charge is 0.497 e. The van der Waals surface area contributed by atoms with Crippen LogP contribution in [0.15, 0.2) is 47.8 Å². The standard InChI is InChI=1S/C21H22N2O5S/c1-4-27-18-7-5-6-8-19(18)28-12-20(24)23-21-22-16(13-29-21)15-11-14(25-2)9-10-17(15)26-3/h5-11,13H,4,12H2,1-3H3,(H,22,23,24). The third-order valence-corrected chi connectivity index (χ3v) is 4.70. The van der Waals surface area contributed by atoms with Gasteiger partial charge in [0.1, 0.15) is 11.5 Å². The Balaban J connectivity index is 1.65. The molecule has 0 saturated heterocycles. The van der Waals surface area contributed by atoms with E-state index in [2.05, 4.69) is 10.3 Å². The maximum absolute atomic E-state index is 12.3. The summed E-state index contributed by atoms with van der Waals surface area (Å²) in [6, 6.07) is 12.7. The van der Waals surface area contributed by atoms with Gasteiger partial charge in [0.2, 0.25) is 0 Å². The lowest BCUT2D eigenvalue weighted by molar-refractivity contribution is -0.118. The van der Waals surface area contributed by atoms with Crippen LogP contribution in [0.5, 0.6) is 23.0 Å². The molecule has 3 rings (SSSR count). The van der Waals surface area contributed by atoms with Crippen LogP contribution in [0.1, 0.15) is 6.92 Å². The van der Waals surface area contributed by atoms with Crippen LogP contribution in [0.4, 0.5) is 5.13 Å². The zero-order valence-corrected chi connectivity index (χ0v) is 17.2. The van der Waals surface area contributed by atoms with Gasteiger partial charge in [0.25, 0.3) is 5.91 Å². The number of amides is 1. The molecular formula is C21H22N2O5S. The number of carbonyl (C=O) groups excluding carboxylic acids is 1. The lowest BCUT2D eigenvalue weighted by atomic mass is 10.1. The molecule has 1 aromatic heterocycles. The number of aromatic nitrogens is 1. The summed E-state index contributed by atoms with van der Waals surface area (Å²) < 4.78 is 21.7. The molecule has 0 atom stereocenters. The molecule has 7 nitrogen and oxygen atoms in total. The summed E-state index contributed by atoms with van der Waals surface area (Å²) in [6.07, 6.45) is 0. The van der Waals surface area contributed by atoms with Crippen LogP contribution in [-0.2, 0) is 4.79 Å². The van der Waals surface area contributed by atoms with Crippen LogP contribution in [-0.4, -0.2) is 38.3 Å². The minimum atomic E-state index is -0.310. The van der Waals surface area contributed by atoms with Gasteiger partial charge >= 0.3 is 0 Å². The summed E-state index contributed by atoms with van der Waals surface area (Å²) in [5, 5.41) is 5.06. The molecule has 29 heavy (non-hydrogen) atoms. The van der Waals surface area contributed by atoms with E-state index in [4.69, 9.17) is 18.9 Å². The van der Waals surface area contributed by atoms with Crippen molar-refractivity contribution in [3.63, 3.8) is 0 Å². The normalized spacial score (nSPS) is 10.3. The molecule has 0 radical (unpaired) electrons. The van der Waals surface area contributed by atoms with Crippen LogP contribution >= 0.6 is 11.3 Å². The quantitative estimate of drug-likeness (QED) is 0.564. The molecule has 1 heterocycles. The van der Waals surface area contributed by atoms with Crippen molar-refractivity contribution in [3.8, 4) is 34.3 Å². The summed E-state index contributed by atoms with van der Waals surface area (Å²) in [5.74, 6) is 2.18. The van der Waals surface area contributed by atoms with E-state index in [0.717, 1.165) is 5.56 Å². The summed E-state index contributed by atoms with van der Waals surface area (Å²) in [7, 11) is 3.19. The average molecular weight is 414 g/mol. The molecular weight excluding hydrogens is 392 g/mol. The van der Waals surface area contributed by atoms with Crippen molar-refractivity contribution in [1.82, 2.24) is 4.98 Å². The molecule has 0 spiro atoms. The molecule has 0 saturated carbocycles. The zero-order chi connectivity index (χ0) is 20.6. The van der Waals surface area contributed by atoms with Crippen molar-refractivity contribution < 1.29 is 23.7 Å². The molecule has 152 valence electrons. The monoisotopic (exact) mass is 414 g/mol. The van der Waals surface area contributed by atoms with Gasteiger partial charge in [-0.3, -0.25) is 10.1 Å². The van der Waals surface area contributed by atoms with Crippen molar-refractivity contribution in [1.29, 1.82) is 0 Å². The summed E-state index contributed by atoms with van der Waals surface area (Å²) in [6.45, 7) is 2.25. The number of rotatable bonds is 9. The molecule has 0 unspecified atom stereocenters. The number of hydrogen-bond donors (Lipinski definition) is 1. The maximum Gasteiger partial charge on any atom is 0.264 e. The molecule has 2 aromatic carbocycles. The Morgan fingerprint density at radius 3 is 2.48 bits per heavy atom. The predicted molar refractivity (Wildman–Crippen MR) is 112 cm³/mol. The van der Waals surface area contributed by atoms with E-state index >= 15 is 0 Å². The van der Waals surface area contributed by atoms with Gasteiger partial charge in [-0.1, -0.05) is 12.1 Å². The summed E-state index contributed by atoms with van der Waals surface area (Å²) >= 11 is 1.32. The smallest absolute Gasteiger partial charge is 0.264 e. The number of thiazole rings is 1. The van der Waals surface area contributed by atoms with Crippen molar-refractivity contribution in [2.45, 2.75) is 6.92 Å². The number of nitrogens with one attached hydrogen (secondary N) is 1. The molecule has 0 aliphatic rings. The third kappa shape index (κ3) is 5.17. The SMILES string of the molecule is CCOc1ccccc1OCC(=O)Nc1nc(-c2cc(OC)ccc2OC)cs1. The van der Waals surface area contributed by atoms with E-state index in [0.29, 0.717) is 40.4 Å². The topological polar surface area (TPSA) is 78.9 Å². The van der Waals surface area contributed by atoms with Crippen LogP contribution in [0, 0.1) is 0 Å². The Morgan fingerprint density at radius 2 is 1.79 bits per heavy atom. The van der Waals surface area contributed by atoms with E-state index in [1.807, 2.05) is 42.6 Å². The van der Waals surface area contributed by atoms with Crippen LogP contribution in [0.3, 0.4) is 0 Å². The summed E-state index contributed by atoms with van der Waals surface area (Å²) in [4.78, 5) is 16.7. The molecule has 1 amide bonds. The molecule has 3 aromatic rings. The first-order valence-corrected chi connectivity index (χ1v) is 9.85. The van der Waals surface area contributed by atoms with Gasteiger partial charge in [0.05, 0.1) is 26.5 Å². The summed E-state index contributed by atoms with van der Waals surface area (Å²) in [5.41, 5.74) is 1.47. The fourth-order valence-corrected chi connectivity index (χ4v) is 3.34. The second-order valence-corrected chi connectivity index (χ2v) is 6.68. The fourth-order valence-electron chi connectivity index (χ4n) is 2.61. The van der Waals surface area contributed by atoms with Gasteiger partial charge in [-0.25, -0.2) is 4.98 Å². The molecule has 0 aliphatic heterocycles. The highest BCUT2D eigenvalue weighted by Crippen LogP contribution is 2.35. The number of methoxy groups -OCH3 is 2. The highest BCUT2D eigenvalue weighted by molar-refractivity contribution is 7.14. The van der Waals surface area contributed by atoms with Crippen molar-refractivity contribution in [3.05, 3.63) is 47.8 Å². The number of benzene rings is 2. The van der Waals surface area contributed by atoms with E-state index < -0.39 is 0 Å². The Hall–Kier alpha value is -3.26. The van der Waals surface area contributed by atoms with E-state index in [-0.39, 0.29) is 12.5 Å². The Morgan fingerprint density at radius 1 is 1.03 bits per heavy atom. The Labute approximate surface area is 173 Å². The minimum absolute atomic E-state index is 0.151. The van der Waals surface area contributed by atoms with Gasteiger partial charge in [-0.05, 0) is 37.3 Å². The maximum atomic E-state index is 12.3.